The van der Waals surface area contributed by atoms with Crippen LogP contribution in [0.3, 0.4) is 0 Å². The van der Waals surface area contributed by atoms with E-state index in [1.165, 1.54) is 6.42 Å². The monoisotopic (exact) mass is 477 g/mol. The molecular weight excluding hydrogens is 442 g/mol. The van der Waals surface area contributed by atoms with E-state index >= 15 is 0 Å². The number of carbonyl (C=O) groups is 2. The van der Waals surface area contributed by atoms with Gasteiger partial charge in [-0.25, -0.2) is 0 Å². The fourth-order valence-corrected chi connectivity index (χ4v) is 5.39. The number of fused-ring (bicyclic) bond motifs is 3. The van der Waals surface area contributed by atoms with Crippen LogP contribution >= 0.6 is 0 Å². The summed E-state index contributed by atoms with van der Waals surface area (Å²) in [6.07, 6.45) is 6.42. The summed E-state index contributed by atoms with van der Waals surface area (Å²) in [6, 6.07) is 11.7. The molecule has 2 aliphatic rings. The Morgan fingerprint density at radius 2 is 1.91 bits per heavy atom. The van der Waals surface area contributed by atoms with Gasteiger partial charge in [-0.3, -0.25) is 9.59 Å². The van der Waals surface area contributed by atoms with Crippen LogP contribution in [0.25, 0.3) is 11.1 Å². The number of amides is 2. The molecule has 1 aromatic carbocycles. The van der Waals surface area contributed by atoms with Crippen LogP contribution < -0.4 is 10.1 Å². The number of carbonyl (C=O) groups excluding carboxylic acids is 2. The summed E-state index contributed by atoms with van der Waals surface area (Å²) in [5.41, 5.74) is 2.03. The van der Waals surface area contributed by atoms with Crippen molar-refractivity contribution in [1.29, 1.82) is 0 Å². The van der Waals surface area contributed by atoms with Gasteiger partial charge in [-0.05, 0) is 50.8 Å². The smallest absolute Gasteiger partial charge is 0.271 e. The summed E-state index contributed by atoms with van der Waals surface area (Å²) in [6.45, 7) is 7.25. The number of furan rings is 1. The Balaban J connectivity index is 1.47. The van der Waals surface area contributed by atoms with Gasteiger partial charge >= 0.3 is 0 Å². The molecule has 3 aromatic rings. The van der Waals surface area contributed by atoms with E-state index in [0.29, 0.717) is 31.0 Å². The molecule has 1 N–H and O–H groups in total. The molecule has 1 saturated carbocycles. The Morgan fingerprint density at radius 1 is 1.17 bits per heavy atom. The molecule has 7 heteroatoms. The lowest BCUT2D eigenvalue weighted by molar-refractivity contribution is -0.134. The first-order valence-corrected chi connectivity index (χ1v) is 12.8. The second-order valence-corrected chi connectivity index (χ2v) is 10.2. The van der Waals surface area contributed by atoms with Crippen molar-refractivity contribution >= 4 is 22.9 Å². The van der Waals surface area contributed by atoms with Gasteiger partial charge in [-0.2, -0.15) is 0 Å². The van der Waals surface area contributed by atoms with Crippen LogP contribution in [0.2, 0.25) is 0 Å². The zero-order valence-electron chi connectivity index (χ0n) is 20.9. The molecule has 1 aliphatic heterocycles. The zero-order chi connectivity index (χ0) is 24.6. The molecule has 0 radical (unpaired) electrons. The van der Waals surface area contributed by atoms with Gasteiger partial charge in [0, 0.05) is 24.7 Å². The quantitative estimate of drug-likeness (QED) is 0.508. The number of hydrogen-bond donors (Lipinski definition) is 1. The van der Waals surface area contributed by atoms with E-state index in [2.05, 4.69) is 12.2 Å². The lowest BCUT2D eigenvalue weighted by atomic mass is 9.91. The molecule has 2 amide bonds. The minimum absolute atomic E-state index is 0.0895. The van der Waals surface area contributed by atoms with Crippen molar-refractivity contribution < 1.29 is 18.7 Å². The van der Waals surface area contributed by atoms with E-state index in [1.54, 1.807) is 11.0 Å². The summed E-state index contributed by atoms with van der Waals surface area (Å²) in [5, 5.41) is 3.28. The highest BCUT2D eigenvalue weighted by atomic mass is 16.5. The third-order valence-corrected chi connectivity index (χ3v) is 7.41. The molecule has 1 aliphatic carbocycles. The van der Waals surface area contributed by atoms with Crippen LogP contribution in [0.5, 0.6) is 5.75 Å². The Bertz CT molecular complexity index is 1220. The molecule has 3 heterocycles. The molecule has 1 fully saturated rings. The Morgan fingerprint density at radius 3 is 2.63 bits per heavy atom. The van der Waals surface area contributed by atoms with E-state index in [-0.39, 0.29) is 17.9 Å². The van der Waals surface area contributed by atoms with E-state index in [4.69, 9.17) is 9.15 Å². The molecule has 186 valence electrons. The second-order valence-electron chi connectivity index (χ2n) is 10.2. The lowest BCUT2D eigenvalue weighted by Gasteiger charge is -2.44. The number of aromatic nitrogens is 1. The molecule has 0 saturated heterocycles. The molecule has 2 aromatic heterocycles. The van der Waals surface area contributed by atoms with E-state index in [9.17, 15) is 9.59 Å². The molecule has 0 bridgehead atoms. The van der Waals surface area contributed by atoms with Gasteiger partial charge in [-0.15, -0.1) is 0 Å². The highest BCUT2D eigenvalue weighted by molar-refractivity contribution is 6.03. The summed E-state index contributed by atoms with van der Waals surface area (Å²) in [5.74, 6) is 1.35. The first-order chi connectivity index (χ1) is 16.9. The van der Waals surface area contributed by atoms with Gasteiger partial charge in [0.2, 0.25) is 5.91 Å². The molecule has 35 heavy (non-hydrogen) atoms. The Hall–Kier alpha value is -3.22. The van der Waals surface area contributed by atoms with Crippen molar-refractivity contribution in [2.75, 3.05) is 6.61 Å². The van der Waals surface area contributed by atoms with Crippen LogP contribution in [-0.2, 0) is 17.9 Å². The molecule has 5 rings (SSSR count). The minimum atomic E-state index is -1.03. The normalized spacial score (nSPS) is 20.8. The predicted octanol–water partition coefficient (Wildman–Crippen LogP) is 5.20. The number of ether oxygens (including phenoxy) is 1. The SMILES string of the molecule is CCCOc1ccc(CN2C(=O)c3cc4oc(C)cc4n3C[C@@]2(C)C(=O)NC2CCCCC2)cc1. The molecular formula is C28H35N3O4. The minimum Gasteiger partial charge on any atom is -0.494 e. The first-order valence-electron chi connectivity index (χ1n) is 12.8. The van der Waals surface area contributed by atoms with Gasteiger partial charge in [-0.1, -0.05) is 38.3 Å². The number of nitrogens with zero attached hydrogens (tertiary/aromatic N) is 2. The number of nitrogens with one attached hydrogen (secondary N) is 1. The largest absolute Gasteiger partial charge is 0.494 e. The van der Waals surface area contributed by atoms with Crippen LogP contribution in [0, 0.1) is 6.92 Å². The van der Waals surface area contributed by atoms with Gasteiger partial charge in [0.05, 0.1) is 18.7 Å². The zero-order valence-corrected chi connectivity index (χ0v) is 20.9. The highest BCUT2D eigenvalue weighted by Crippen LogP contribution is 2.35. The molecule has 1 atom stereocenters. The Labute approximate surface area is 206 Å². The second kappa shape index (κ2) is 9.44. The van der Waals surface area contributed by atoms with E-state index in [0.717, 1.165) is 54.7 Å². The fraction of sp³-hybridized carbons (Fsp3) is 0.500. The number of rotatable bonds is 7. The van der Waals surface area contributed by atoms with Gasteiger partial charge in [0.25, 0.3) is 5.91 Å². The number of hydrogen-bond acceptors (Lipinski definition) is 4. The number of benzene rings is 1. The van der Waals surface area contributed by atoms with Crippen LogP contribution in [-0.4, -0.2) is 39.5 Å². The van der Waals surface area contributed by atoms with Crippen molar-refractivity contribution in [2.45, 2.75) is 84.0 Å². The summed E-state index contributed by atoms with van der Waals surface area (Å²) < 4.78 is 13.5. The van der Waals surface area contributed by atoms with Crippen molar-refractivity contribution in [1.82, 2.24) is 14.8 Å². The topological polar surface area (TPSA) is 76.7 Å². The average Bonchev–Trinajstić information content (AvgIpc) is 3.38. The number of aryl methyl sites for hydroxylation is 1. The highest BCUT2D eigenvalue weighted by Gasteiger charge is 2.48. The summed E-state index contributed by atoms with van der Waals surface area (Å²) in [4.78, 5) is 29.4. The van der Waals surface area contributed by atoms with Crippen molar-refractivity contribution in [3.8, 4) is 5.75 Å². The van der Waals surface area contributed by atoms with Crippen molar-refractivity contribution in [3.05, 3.63) is 53.4 Å². The maximum Gasteiger partial charge on any atom is 0.271 e. The fourth-order valence-electron chi connectivity index (χ4n) is 5.39. The van der Waals surface area contributed by atoms with Crippen molar-refractivity contribution in [3.63, 3.8) is 0 Å². The third kappa shape index (κ3) is 4.44. The maximum absolute atomic E-state index is 13.9. The molecule has 7 nitrogen and oxygen atoms in total. The third-order valence-electron chi connectivity index (χ3n) is 7.41. The van der Waals surface area contributed by atoms with E-state index < -0.39 is 5.54 Å². The molecule has 0 unspecified atom stereocenters. The van der Waals surface area contributed by atoms with Crippen molar-refractivity contribution in [2.24, 2.45) is 0 Å². The van der Waals surface area contributed by atoms with Crippen LogP contribution in [0.15, 0.2) is 40.8 Å². The van der Waals surface area contributed by atoms with Crippen LogP contribution in [0.1, 0.15) is 74.2 Å². The predicted molar refractivity (Wildman–Crippen MR) is 134 cm³/mol. The average molecular weight is 478 g/mol. The standard InChI is InChI=1S/C28H35N3O4/c1-4-14-34-22-12-10-20(11-13-22)17-31-26(32)24-16-25-23(15-19(2)35-25)30(24)18-28(31,3)27(33)29-21-8-6-5-7-9-21/h10-13,15-16,21H,4-9,14,17-18H2,1-3H3,(H,29,33)/t28-/m0/s1. The Kier molecular flexibility index (Phi) is 6.34. The van der Waals surface area contributed by atoms with E-state index in [1.807, 2.05) is 48.7 Å². The summed E-state index contributed by atoms with van der Waals surface area (Å²) >= 11 is 0. The van der Waals surface area contributed by atoms with Gasteiger partial charge in [0.1, 0.15) is 22.7 Å². The lowest BCUT2D eigenvalue weighted by Crippen LogP contribution is -2.64. The first kappa shape index (κ1) is 23.5. The summed E-state index contributed by atoms with van der Waals surface area (Å²) in [7, 11) is 0. The van der Waals surface area contributed by atoms with Gasteiger partial charge < -0.3 is 23.9 Å². The maximum atomic E-state index is 13.9. The molecule has 0 spiro atoms. The van der Waals surface area contributed by atoms with Gasteiger partial charge in [0.15, 0.2) is 5.58 Å². The van der Waals surface area contributed by atoms with Crippen LogP contribution in [0.4, 0.5) is 0 Å².